The fourth-order valence-electron chi connectivity index (χ4n) is 0.589. The molecule has 2 N–H and O–H groups in total. The van der Waals surface area contributed by atoms with Crippen LogP contribution in [-0.4, -0.2) is 34.0 Å². The maximum atomic E-state index is 10.5. The van der Waals surface area contributed by atoms with Gasteiger partial charge in [-0.05, 0) is 6.07 Å². The van der Waals surface area contributed by atoms with Gasteiger partial charge in [-0.2, -0.15) is 8.42 Å². The summed E-state index contributed by atoms with van der Waals surface area (Å²) in [7, 11) is -4.47. The van der Waals surface area contributed by atoms with Gasteiger partial charge in [0.05, 0.1) is 0 Å². The second kappa shape index (κ2) is 3.07. The molecule has 0 saturated carbocycles. The third kappa shape index (κ3) is 2.20. The van der Waals surface area contributed by atoms with Crippen molar-refractivity contribution >= 4 is 16.1 Å². The Bertz CT molecular complexity index is 440. The molecule has 0 bridgehead atoms. The van der Waals surface area contributed by atoms with E-state index in [4.69, 9.17) is 9.66 Å². The summed E-state index contributed by atoms with van der Waals surface area (Å²) in [6.07, 6.45) is 0.930. The van der Waals surface area contributed by atoms with Crippen molar-refractivity contribution in [2.24, 2.45) is 0 Å². The van der Waals surface area contributed by atoms with E-state index in [1.807, 2.05) is 0 Å². The number of carbonyl (C=O) groups is 1. The first-order chi connectivity index (χ1) is 5.91. The molecular weight excluding hydrogens is 200 g/mol. The van der Waals surface area contributed by atoms with Crippen LogP contribution in [0.25, 0.3) is 0 Å². The summed E-state index contributed by atoms with van der Waals surface area (Å²) in [6, 6.07) is 0.891. The van der Waals surface area contributed by atoms with E-state index < -0.39 is 26.9 Å². The number of nitrogens with zero attached hydrogens (tertiary/aromatic N) is 2. The van der Waals surface area contributed by atoms with Crippen LogP contribution >= 0.6 is 0 Å². The van der Waals surface area contributed by atoms with Gasteiger partial charge in [-0.1, -0.05) is 0 Å². The van der Waals surface area contributed by atoms with Gasteiger partial charge in [-0.25, -0.2) is 14.8 Å². The zero-order chi connectivity index (χ0) is 10.1. The minimum Gasteiger partial charge on any atom is -0.475 e. The van der Waals surface area contributed by atoms with E-state index in [-0.39, 0.29) is 0 Å². The quantitative estimate of drug-likeness (QED) is 0.488. The Balaban J connectivity index is 3.29. The predicted molar refractivity (Wildman–Crippen MR) is 38.8 cm³/mol. The van der Waals surface area contributed by atoms with Crippen LogP contribution < -0.4 is 0 Å². The van der Waals surface area contributed by atoms with Crippen molar-refractivity contribution in [3.05, 3.63) is 18.1 Å². The molecule has 0 amide bonds. The SMILES string of the molecule is O=C(O)c1nccc(S(=O)(=O)O)n1. The van der Waals surface area contributed by atoms with E-state index in [2.05, 4.69) is 9.97 Å². The lowest BCUT2D eigenvalue weighted by Gasteiger charge is -1.95. The van der Waals surface area contributed by atoms with Gasteiger partial charge < -0.3 is 5.11 Å². The van der Waals surface area contributed by atoms with Crippen molar-refractivity contribution in [3.63, 3.8) is 0 Å². The van der Waals surface area contributed by atoms with Gasteiger partial charge in [0.15, 0.2) is 5.03 Å². The smallest absolute Gasteiger partial charge is 0.373 e. The molecule has 1 aromatic rings. The number of aromatic nitrogens is 2. The van der Waals surface area contributed by atoms with Crippen molar-refractivity contribution in [3.8, 4) is 0 Å². The fourth-order valence-corrected chi connectivity index (χ4v) is 1.02. The first kappa shape index (κ1) is 9.55. The average molecular weight is 204 g/mol. The largest absolute Gasteiger partial charge is 0.475 e. The highest BCUT2D eigenvalue weighted by molar-refractivity contribution is 7.85. The maximum Gasteiger partial charge on any atom is 0.373 e. The van der Waals surface area contributed by atoms with Crippen molar-refractivity contribution < 1.29 is 22.9 Å². The number of rotatable bonds is 2. The van der Waals surface area contributed by atoms with E-state index in [9.17, 15) is 13.2 Å². The highest BCUT2D eigenvalue weighted by atomic mass is 32.2. The van der Waals surface area contributed by atoms with Crippen LogP contribution in [0, 0.1) is 0 Å². The number of carboxylic acids is 1. The van der Waals surface area contributed by atoms with Gasteiger partial charge in [0.25, 0.3) is 0 Å². The first-order valence-electron chi connectivity index (χ1n) is 2.95. The molecule has 8 heteroatoms. The average Bonchev–Trinajstić information content (AvgIpc) is 2.03. The summed E-state index contributed by atoms with van der Waals surface area (Å²) in [6.45, 7) is 0. The number of hydrogen-bond donors (Lipinski definition) is 2. The Morgan fingerprint density at radius 2 is 2.08 bits per heavy atom. The van der Waals surface area contributed by atoms with Crippen LogP contribution in [0.1, 0.15) is 10.6 Å². The lowest BCUT2D eigenvalue weighted by molar-refractivity contribution is 0.0682. The first-order valence-corrected chi connectivity index (χ1v) is 4.39. The highest BCUT2D eigenvalue weighted by Crippen LogP contribution is 2.02. The van der Waals surface area contributed by atoms with Crippen molar-refractivity contribution in [1.29, 1.82) is 0 Å². The topological polar surface area (TPSA) is 117 Å². The second-order valence-electron chi connectivity index (χ2n) is 2.00. The van der Waals surface area contributed by atoms with Gasteiger partial charge in [0, 0.05) is 6.20 Å². The molecule has 0 radical (unpaired) electrons. The molecule has 0 aliphatic carbocycles. The third-order valence-corrected chi connectivity index (χ3v) is 1.84. The third-order valence-electron chi connectivity index (χ3n) is 1.09. The summed E-state index contributed by atoms with van der Waals surface area (Å²) < 4.78 is 29.4. The van der Waals surface area contributed by atoms with E-state index >= 15 is 0 Å². The van der Waals surface area contributed by atoms with E-state index in [1.54, 1.807) is 0 Å². The molecule has 0 spiro atoms. The van der Waals surface area contributed by atoms with E-state index in [1.165, 1.54) is 0 Å². The van der Waals surface area contributed by atoms with Gasteiger partial charge >= 0.3 is 16.1 Å². The summed E-state index contributed by atoms with van der Waals surface area (Å²) in [5.41, 5.74) is 0. The van der Waals surface area contributed by atoms with Gasteiger partial charge in [-0.3, -0.25) is 4.55 Å². The fraction of sp³-hybridized carbons (Fsp3) is 0. The molecular formula is C5H4N2O5S. The molecule has 0 aliphatic rings. The van der Waals surface area contributed by atoms with Crippen molar-refractivity contribution in [2.75, 3.05) is 0 Å². The van der Waals surface area contributed by atoms with E-state index in [0.29, 0.717) is 0 Å². The molecule has 1 heterocycles. The normalized spacial score (nSPS) is 11.2. The number of hydrogen-bond acceptors (Lipinski definition) is 5. The van der Waals surface area contributed by atoms with Gasteiger partial charge in [0.2, 0.25) is 5.82 Å². The Hall–Kier alpha value is -1.54. The van der Waals surface area contributed by atoms with Crippen molar-refractivity contribution in [2.45, 2.75) is 5.03 Å². The van der Waals surface area contributed by atoms with Crippen LogP contribution in [0.15, 0.2) is 17.3 Å². The van der Waals surface area contributed by atoms with Crippen LogP contribution in [0.3, 0.4) is 0 Å². The molecule has 13 heavy (non-hydrogen) atoms. The van der Waals surface area contributed by atoms with Crippen LogP contribution in [0.2, 0.25) is 0 Å². The van der Waals surface area contributed by atoms with Crippen LogP contribution in [0.4, 0.5) is 0 Å². The van der Waals surface area contributed by atoms with Crippen molar-refractivity contribution in [1.82, 2.24) is 9.97 Å². The number of aromatic carboxylic acids is 1. The Labute approximate surface area is 72.8 Å². The second-order valence-corrected chi connectivity index (χ2v) is 3.37. The minimum atomic E-state index is -4.47. The zero-order valence-electron chi connectivity index (χ0n) is 6.08. The zero-order valence-corrected chi connectivity index (χ0v) is 6.89. The van der Waals surface area contributed by atoms with Gasteiger partial charge in [0.1, 0.15) is 0 Å². The molecule has 70 valence electrons. The van der Waals surface area contributed by atoms with E-state index in [0.717, 1.165) is 12.3 Å². The highest BCUT2D eigenvalue weighted by Gasteiger charge is 2.14. The molecule has 0 aliphatic heterocycles. The lowest BCUT2D eigenvalue weighted by Crippen LogP contribution is -2.09. The minimum absolute atomic E-state index is 0.685. The Morgan fingerprint density at radius 1 is 1.46 bits per heavy atom. The number of carboxylic acid groups (broad SMARTS) is 1. The molecule has 1 rings (SSSR count). The molecule has 0 fully saturated rings. The monoisotopic (exact) mass is 204 g/mol. The molecule has 7 nitrogen and oxygen atoms in total. The predicted octanol–water partition coefficient (Wildman–Crippen LogP) is -0.579. The Morgan fingerprint density at radius 3 is 2.54 bits per heavy atom. The Kier molecular flexibility index (Phi) is 2.26. The maximum absolute atomic E-state index is 10.5. The summed E-state index contributed by atoms with van der Waals surface area (Å²) in [4.78, 5) is 16.6. The summed E-state index contributed by atoms with van der Waals surface area (Å²) in [5, 5.41) is 7.64. The summed E-state index contributed by atoms with van der Waals surface area (Å²) in [5.74, 6) is -2.15. The lowest BCUT2D eigenvalue weighted by atomic mass is 10.6. The molecule has 0 unspecified atom stereocenters. The standard InChI is InChI=1S/C5H4N2O5S/c8-5(9)4-6-2-1-3(7-4)13(10,11)12/h1-2H,(H,8,9)(H,10,11,12). The summed E-state index contributed by atoms with van der Waals surface area (Å²) >= 11 is 0. The van der Waals surface area contributed by atoms with Crippen LogP contribution in [-0.2, 0) is 10.1 Å². The molecule has 0 atom stereocenters. The van der Waals surface area contributed by atoms with Crippen LogP contribution in [0.5, 0.6) is 0 Å². The van der Waals surface area contributed by atoms with Gasteiger partial charge in [-0.15, -0.1) is 0 Å². The molecule has 1 aromatic heterocycles. The molecule has 0 saturated heterocycles. The molecule has 0 aromatic carbocycles.